The zero-order valence-electron chi connectivity index (χ0n) is 11.8. The Morgan fingerprint density at radius 2 is 1.80 bits per heavy atom. The van der Waals surface area contributed by atoms with Crippen molar-refractivity contribution in [2.45, 2.75) is 6.92 Å². The molecule has 0 N–H and O–H groups in total. The Balaban J connectivity index is 2.13. The summed E-state index contributed by atoms with van der Waals surface area (Å²) in [6.45, 7) is 2.06. The maximum atomic E-state index is 5.34. The van der Waals surface area contributed by atoms with Crippen LogP contribution >= 0.6 is 0 Å². The van der Waals surface area contributed by atoms with Crippen molar-refractivity contribution in [1.82, 2.24) is 9.38 Å². The number of aromatic nitrogens is 2. The molecule has 1 aromatic carbocycles. The van der Waals surface area contributed by atoms with Crippen LogP contribution < -0.4 is 9.47 Å². The number of aryl methyl sites for hydroxylation is 1. The number of ether oxygens (including phenoxy) is 2. The zero-order valence-corrected chi connectivity index (χ0v) is 11.8. The van der Waals surface area contributed by atoms with Crippen LogP contribution in [0.15, 0.2) is 42.6 Å². The SMILES string of the molecule is COc1ccc(-c2cn3c(C)cccc3n2)cc1OC. The molecule has 0 bridgehead atoms. The lowest BCUT2D eigenvalue weighted by Gasteiger charge is -2.08. The molecule has 2 heterocycles. The van der Waals surface area contributed by atoms with E-state index in [1.165, 1.54) is 0 Å². The predicted octanol–water partition coefficient (Wildman–Crippen LogP) is 3.33. The number of methoxy groups -OCH3 is 2. The van der Waals surface area contributed by atoms with Crippen molar-refractivity contribution in [1.29, 1.82) is 0 Å². The number of pyridine rings is 1. The van der Waals surface area contributed by atoms with Gasteiger partial charge in [-0.05, 0) is 37.3 Å². The molecule has 0 radical (unpaired) electrons. The summed E-state index contributed by atoms with van der Waals surface area (Å²) in [6.07, 6.45) is 2.03. The molecule has 0 saturated carbocycles. The van der Waals surface area contributed by atoms with E-state index in [4.69, 9.17) is 9.47 Å². The van der Waals surface area contributed by atoms with E-state index in [2.05, 4.69) is 22.4 Å². The molecule has 2 aromatic heterocycles. The van der Waals surface area contributed by atoms with E-state index in [0.717, 1.165) is 28.3 Å². The quantitative estimate of drug-likeness (QED) is 0.731. The van der Waals surface area contributed by atoms with Crippen LogP contribution in [0.1, 0.15) is 5.69 Å². The third-order valence-corrected chi connectivity index (χ3v) is 3.38. The van der Waals surface area contributed by atoms with Crippen molar-refractivity contribution >= 4 is 5.65 Å². The lowest BCUT2D eigenvalue weighted by atomic mass is 10.1. The van der Waals surface area contributed by atoms with Crippen LogP contribution in [-0.2, 0) is 0 Å². The molecule has 0 saturated heterocycles. The molecule has 0 fully saturated rings. The number of nitrogens with zero attached hydrogens (tertiary/aromatic N) is 2. The van der Waals surface area contributed by atoms with Crippen LogP contribution in [0.25, 0.3) is 16.9 Å². The number of rotatable bonds is 3. The van der Waals surface area contributed by atoms with Gasteiger partial charge in [0.1, 0.15) is 5.65 Å². The van der Waals surface area contributed by atoms with Gasteiger partial charge in [0, 0.05) is 17.5 Å². The molecule has 0 aliphatic heterocycles. The minimum absolute atomic E-state index is 0.707. The summed E-state index contributed by atoms with van der Waals surface area (Å²) < 4.78 is 12.7. The molecule has 0 aliphatic carbocycles. The minimum atomic E-state index is 0.707. The zero-order chi connectivity index (χ0) is 14.1. The fraction of sp³-hybridized carbons (Fsp3) is 0.188. The summed E-state index contributed by atoms with van der Waals surface area (Å²) >= 11 is 0. The molecule has 4 nitrogen and oxygen atoms in total. The summed E-state index contributed by atoms with van der Waals surface area (Å²) in [5.41, 5.74) is 4.02. The molecule has 0 atom stereocenters. The fourth-order valence-corrected chi connectivity index (χ4v) is 2.28. The fourth-order valence-electron chi connectivity index (χ4n) is 2.28. The Kier molecular flexibility index (Phi) is 3.06. The normalized spacial score (nSPS) is 10.8. The second-order valence-electron chi connectivity index (χ2n) is 4.59. The van der Waals surface area contributed by atoms with E-state index >= 15 is 0 Å². The second-order valence-corrected chi connectivity index (χ2v) is 4.59. The number of hydrogen-bond acceptors (Lipinski definition) is 3. The molecule has 0 spiro atoms. The first-order valence-electron chi connectivity index (χ1n) is 6.40. The number of fused-ring (bicyclic) bond motifs is 1. The Morgan fingerprint density at radius 1 is 1.00 bits per heavy atom. The number of benzene rings is 1. The topological polar surface area (TPSA) is 35.8 Å². The molecule has 0 unspecified atom stereocenters. The summed E-state index contributed by atoms with van der Waals surface area (Å²) in [7, 11) is 3.27. The Labute approximate surface area is 117 Å². The highest BCUT2D eigenvalue weighted by atomic mass is 16.5. The number of imidazole rings is 1. The van der Waals surface area contributed by atoms with Crippen LogP contribution in [0.5, 0.6) is 11.5 Å². The van der Waals surface area contributed by atoms with Gasteiger partial charge in [-0.15, -0.1) is 0 Å². The first-order chi connectivity index (χ1) is 9.72. The van der Waals surface area contributed by atoms with Crippen LogP contribution in [-0.4, -0.2) is 23.6 Å². The van der Waals surface area contributed by atoms with Crippen LogP contribution in [0.2, 0.25) is 0 Å². The minimum Gasteiger partial charge on any atom is -0.493 e. The largest absolute Gasteiger partial charge is 0.493 e. The summed E-state index contributed by atoms with van der Waals surface area (Å²) in [4.78, 5) is 4.64. The van der Waals surface area contributed by atoms with Gasteiger partial charge in [-0.3, -0.25) is 0 Å². The van der Waals surface area contributed by atoms with Gasteiger partial charge in [0.25, 0.3) is 0 Å². The van der Waals surface area contributed by atoms with E-state index < -0.39 is 0 Å². The van der Waals surface area contributed by atoms with Gasteiger partial charge in [0.2, 0.25) is 0 Å². The highest BCUT2D eigenvalue weighted by molar-refractivity contribution is 5.66. The predicted molar refractivity (Wildman–Crippen MR) is 78.5 cm³/mol. The molecule has 3 rings (SSSR count). The van der Waals surface area contributed by atoms with Crippen LogP contribution in [0.3, 0.4) is 0 Å². The smallest absolute Gasteiger partial charge is 0.161 e. The van der Waals surface area contributed by atoms with Gasteiger partial charge < -0.3 is 13.9 Å². The van der Waals surface area contributed by atoms with Gasteiger partial charge in [-0.25, -0.2) is 4.98 Å². The first-order valence-corrected chi connectivity index (χ1v) is 6.40. The molecule has 0 amide bonds. The third-order valence-electron chi connectivity index (χ3n) is 3.38. The van der Waals surface area contributed by atoms with E-state index in [9.17, 15) is 0 Å². The van der Waals surface area contributed by atoms with Gasteiger partial charge in [0.15, 0.2) is 11.5 Å². The average molecular weight is 268 g/mol. The lowest BCUT2D eigenvalue weighted by Crippen LogP contribution is -1.90. The van der Waals surface area contributed by atoms with Gasteiger partial charge in [-0.1, -0.05) is 6.07 Å². The average Bonchev–Trinajstić information content (AvgIpc) is 2.92. The number of hydrogen-bond donors (Lipinski definition) is 0. The van der Waals surface area contributed by atoms with Crippen molar-refractivity contribution in [3.8, 4) is 22.8 Å². The van der Waals surface area contributed by atoms with Crippen molar-refractivity contribution in [3.63, 3.8) is 0 Å². The monoisotopic (exact) mass is 268 g/mol. The molecule has 102 valence electrons. The second kappa shape index (κ2) is 4.89. The summed E-state index contributed by atoms with van der Waals surface area (Å²) in [6, 6.07) is 11.9. The highest BCUT2D eigenvalue weighted by Crippen LogP contribution is 2.32. The van der Waals surface area contributed by atoms with Crippen LogP contribution in [0.4, 0.5) is 0 Å². The molecule has 0 aliphatic rings. The van der Waals surface area contributed by atoms with Gasteiger partial charge in [0.05, 0.1) is 19.9 Å². The third kappa shape index (κ3) is 1.99. The molecular formula is C16H16N2O2. The summed E-state index contributed by atoms with van der Waals surface area (Å²) in [5, 5.41) is 0. The molecule has 3 aromatic rings. The standard InChI is InChI=1S/C16H16N2O2/c1-11-5-4-6-16-17-13(10-18(11)16)12-7-8-14(19-2)15(9-12)20-3/h4-10H,1-3H3. The maximum Gasteiger partial charge on any atom is 0.161 e. The molecule has 20 heavy (non-hydrogen) atoms. The lowest BCUT2D eigenvalue weighted by molar-refractivity contribution is 0.355. The van der Waals surface area contributed by atoms with Crippen molar-refractivity contribution in [3.05, 3.63) is 48.3 Å². The van der Waals surface area contributed by atoms with Crippen molar-refractivity contribution < 1.29 is 9.47 Å². The molecule has 4 heteroatoms. The first kappa shape index (κ1) is 12.5. The maximum absolute atomic E-state index is 5.34. The van der Waals surface area contributed by atoms with Crippen molar-refractivity contribution in [2.24, 2.45) is 0 Å². The molecular weight excluding hydrogens is 252 g/mol. The van der Waals surface area contributed by atoms with Crippen molar-refractivity contribution in [2.75, 3.05) is 14.2 Å². The summed E-state index contributed by atoms with van der Waals surface area (Å²) in [5.74, 6) is 1.43. The van der Waals surface area contributed by atoms with Crippen LogP contribution in [0, 0.1) is 6.92 Å². The van der Waals surface area contributed by atoms with E-state index in [0.29, 0.717) is 5.75 Å². The van der Waals surface area contributed by atoms with E-state index in [1.807, 2.05) is 36.5 Å². The Morgan fingerprint density at radius 3 is 2.50 bits per heavy atom. The highest BCUT2D eigenvalue weighted by Gasteiger charge is 2.09. The Bertz CT molecular complexity index is 762. The van der Waals surface area contributed by atoms with Gasteiger partial charge >= 0.3 is 0 Å². The Hall–Kier alpha value is -2.49. The van der Waals surface area contributed by atoms with E-state index in [-0.39, 0.29) is 0 Å². The van der Waals surface area contributed by atoms with Gasteiger partial charge in [-0.2, -0.15) is 0 Å². The van der Waals surface area contributed by atoms with E-state index in [1.54, 1.807) is 14.2 Å².